The molecule has 0 aliphatic rings. The SMILES string of the molecule is C#CCC(CC(CO)N(C)C(=O)c1ccc(Cl)cc1)C(=O)NO. The highest BCUT2D eigenvalue weighted by Gasteiger charge is 2.27. The number of carbonyl (C=O) groups is 2. The molecule has 1 aromatic carbocycles. The zero-order valence-corrected chi connectivity index (χ0v) is 13.5. The van der Waals surface area contributed by atoms with Gasteiger partial charge >= 0.3 is 0 Å². The van der Waals surface area contributed by atoms with Gasteiger partial charge < -0.3 is 10.0 Å². The van der Waals surface area contributed by atoms with E-state index in [9.17, 15) is 14.7 Å². The van der Waals surface area contributed by atoms with E-state index >= 15 is 0 Å². The Hall–Kier alpha value is -2.07. The van der Waals surface area contributed by atoms with Crippen LogP contribution in [0.3, 0.4) is 0 Å². The van der Waals surface area contributed by atoms with E-state index < -0.39 is 17.9 Å². The fraction of sp³-hybridized carbons (Fsp3) is 0.375. The topological polar surface area (TPSA) is 89.9 Å². The van der Waals surface area contributed by atoms with Gasteiger partial charge in [-0.25, -0.2) is 5.48 Å². The Morgan fingerprint density at radius 2 is 2.00 bits per heavy atom. The lowest BCUT2D eigenvalue weighted by Crippen LogP contribution is -2.42. The first kappa shape index (κ1) is 19.0. The highest BCUT2D eigenvalue weighted by Crippen LogP contribution is 2.18. The van der Waals surface area contributed by atoms with Gasteiger partial charge in [0, 0.05) is 24.1 Å². The maximum Gasteiger partial charge on any atom is 0.253 e. The number of likely N-dealkylation sites (N-methyl/N-ethyl adjacent to an activating group) is 1. The molecule has 0 saturated heterocycles. The number of hydrogen-bond donors (Lipinski definition) is 3. The van der Waals surface area contributed by atoms with Crippen LogP contribution in [0, 0.1) is 18.3 Å². The van der Waals surface area contributed by atoms with Gasteiger partial charge in [-0.3, -0.25) is 14.8 Å². The lowest BCUT2D eigenvalue weighted by Gasteiger charge is -2.29. The minimum Gasteiger partial charge on any atom is -0.394 e. The molecule has 0 aliphatic heterocycles. The predicted octanol–water partition coefficient (Wildman–Crippen LogP) is 1.31. The zero-order valence-electron chi connectivity index (χ0n) is 12.7. The van der Waals surface area contributed by atoms with E-state index in [2.05, 4.69) is 5.92 Å². The fourth-order valence-electron chi connectivity index (χ4n) is 2.16. The maximum absolute atomic E-state index is 12.4. The van der Waals surface area contributed by atoms with Gasteiger partial charge in [-0.1, -0.05) is 11.6 Å². The lowest BCUT2D eigenvalue weighted by atomic mass is 9.95. The summed E-state index contributed by atoms with van der Waals surface area (Å²) in [5.41, 5.74) is 1.96. The standard InChI is InChI=1S/C16H19ClN2O4/c1-3-4-12(15(21)18-23)9-14(10-20)19(2)16(22)11-5-7-13(17)8-6-11/h1,5-8,12,14,20,23H,4,9-10H2,2H3,(H,18,21). The van der Waals surface area contributed by atoms with Crippen LogP contribution in [-0.2, 0) is 4.79 Å². The molecule has 1 aromatic rings. The summed E-state index contributed by atoms with van der Waals surface area (Å²) >= 11 is 5.79. The van der Waals surface area contributed by atoms with Gasteiger partial charge in [-0.2, -0.15) is 0 Å². The Bertz CT molecular complexity index is 583. The van der Waals surface area contributed by atoms with E-state index in [0.717, 1.165) is 0 Å². The summed E-state index contributed by atoms with van der Waals surface area (Å²) in [7, 11) is 1.53. The van der Waals surface area contributed by atoms with E-state index in [-0.39, 0.29) is 25.4 Å². The molecule has 0 radical (unpaired) electrons. The van der Waals surface area contributed by atoms with Crippen molar-refractivity contribution in [3.05, 3.63) is 34.9 Å². The normalized spacial score (nSPS) is 12.8. The van der Waals surface area contributed by atoms with Gasteiger partial charge in [-0.15, -0.1) is 12.3 Å². The largest absolute Gasteiger partial charge is 0.394 e. The average Bonchev–Trinajstić information content (AvgIpc) is 2.57. The summed E-state index contributed by atoms with van der Waals surface area (Å²) in [6.45, 7) is -0.338. The van der Waals surface area contributed by atoms with Crippen LogP contribution in [-0.4, -0.2) is 46.7 Å². The number of nitrogens with one attached hydrogen (secondary N) is 1. The van der Waals surface area contributed by atoms with Crippen LogP contribution < -0.4 is 5.48 Å². The average molecular weight is 339 g/mol. The van der Waals surface area contributed by atoms with Gasteiger partial charge in [0.05, 0.1) is 18.6 Å². The van der Waals surface area contributed by atoms with E-state index in [4.69, 9.17) is 23.2 Å². The van der Waals surface area contributed by atoms with Crippen molar-refractivity contribution in [2.24, 2.45) is 5.92 Å². The third kappa shape index (κ3) is 5.25. The minimum atomic E-state index is -0.706. The first-order chi connectivity index (χ1) is 10.9. The number of aliphatic hydroxyl groups is 1. The van der Waals surface area contributed by atoms with Crippen LogP contribution in [0.1, 0.15) is 23.2 Å². The highest BCUT2D eigenvalue weighted by molar-refractivity contribution is 6.30. The summed E-state index contributed by atoms with van der Waals surface area (Å²) in [6, 6.07) is 5.73. The maximum atomic E-state index is 12.4. The fourth-order valence-corrected chi connectivity index (χ4v) is 2.29. The van der Waals surface area contributed by atoms with Gasteiger partial charge in [0.25, 0.3) is 5.91 Å². The van der Waals surface area contributed by atoms with Crippen LogP contribution in [0.15, 0.2) is 24.3 Å². The number of nitrogens with zero attached hydrogens (tertiary/aromatic N) is 1. The summed E-state index contributed by atoms with van der Waals surface area (Å²) in [5, 5.41) is 18.8. The van der Waals surface area contributed by atoms with E-state index in [1.807, 2.05) is 0 Å². The molecule has 7 heteroatoms. The number of hydroxylamine groups is 1. The number of amides is 2. The molecular formula is C16H19ClN2O4. The number of benzene rings is 1. The molecule has 124 valence electrons. The highest BCUT2D eigenvalue weighted by atomic mass is 35.5. The molecule has 0 aliphatic carbocycles. The van der Waals surface area contributed by atoms with Gasteiger partial charge in [0.1, 0.15) is 0 Å². The van der Waals surface area contributed by atoms with Gasteiger partial charge in [-0.05, 0) is 30.7 Å². The molecule has 0 bridgehead atoms. The quantitative estimate of drug-likeness (QED) is 0.397. The smallest absolute Gasteiger partial charge is 0.253 e. The van der Waals surface area contributed by atoms with Crippen LogP contribution in [0.2, 0.25) is 5.02 Å². The molecular weight excluding hydrogens is 320 g/mol. The van der Waals surface area contributed by atoms with E-state index in [1.54, 1.807) is 29.7 Å². The third-order valence-electron chi connectivity index (χ3n) is 3.57. The molecule has 0 heterocycles. The summed E-state index contributed by atoms with van der Waals surface area (Å²) in [5.74, 6) is 0.681. The number of carbonyl (C=O) groups excluding carboxylic acids is 2. The third-order valence-corrected chi connectivity index (χ3v) is 3.82. The Morgan fingerprint density at radius 3 is 2.48 bits per heavy atom. The number of hydrogen-bond acceptors (Lipinski definition) is 4. The van der Waals surface area contributed by atoms with Crippen LogP contribution in [0.4, 0.5) is 0 Å². The molecule has 0 spiro atoms. The Kier molecular flexibility index (Phi) is 7.55. The first-order valence-electron chi connectivity index (χ1n) is 6.95. The monoisotopic (exact) mass is 338 g/mol. The summed E-state index contributed by atoms with van der Waals surface area (Å²) in [6.07, 6.45) is 5.43. The molecule has 2 unspecified atom stereocenters. The van der Waals surface area contributed by atoms with Crippen LogP contribution in [0.5, 0.6) is 0 Å². The van der Waals surface area contributed by atoms with Crippen molar-refractivity contribution in [1.29, 1.82) is 0 Å². The van der Waals surface area contributed by atoms with Crippen molar-refractivity contribution in [2.45, 2.75) is 18.9 Å². The van der Waals surface area contributed by atoms with E-state index in [1.165, 1.54) is 11.9 Å². The molecule has 0 fully saturated rings. The second kappa shape index (κ2) is 9.16. The van der Waals surface area contributed by atoms with E-state index in [0.29, 0.717) is 10.6 Å². The molecule has 6 nitrogen and oxygen atoms in total. The summed E-state index contributed by atoms with van der Waals surface area (Å²) < 4.78 is 0. The minimum absolute atomic E-state index is 0.0892. The Morgan fingerprint density at radius 1 is 1.39 bits per heavy atom. The first-order valence-corrected chi connectivity index (χ1v) is 7.33. The Balaban J connectivity index is 2.86. The number of rotatable bonds is 7. The van der Waals surface area contributed by atoms with Gasteiger partial charge in [0.15, 0.2) is 0 Å². The number of terminal acetylenes is 1. The molecule has 2 atom stereocenters. The van der Waals surface area contributed by atoms with Gasteiger partial charge in [0.2, 0.25) is 5.91 Å². The van der Waals surface area contributed by atoms with Crippen molar-refractivity contribution < 1.29 is 19.9 Å². The second-order valence-corrected chi connectivity index (χ2v) is 5.51. The number of aliphatic hydroxyl groups excluding tert-OH is 1. The molecule has 2 amide bonds. The molecule has 0 aromatic heterocycles. The van der Waals surface area contributed by atoms with Crippen molar-refractivity contribution in [1.82, 2.24) is 10.4 Å². The zero-order chi connectivity index (χ0) is 17.4. The van der Waals surface area contributed by atoms with Crippen molar-refractivity contribution in [2.75, 3.05) is 13.7 Å². The predicted molar refractivity (Wildman–Crippen MR) is 85.9 cm³/mol. The van der Waals surface area contributed by atoms with Crippen LogP contribution >= 0.6 is 11.6 Å². The second-order valence-electron chi connectivity index (χ2n) is 5.08. The van der Waals surface area contributed by atoms with Crippen LogP contribution in [0.25, 0.3) is 0 Å². The summed E-state index contributed by atoms with van der Waals surface area (Å²) in [4.78, 5) is 25.4. The molecule has 23 heavy (non-hydrogen) atoms. The number of halogens is 1. The van der Waals surface area contributed by atoms with Crippen molar-refractivity contribution in [3.8, 4) is 12.3 Å². The molecule has 3 N–H and O–H groups in total. The Labute approximate surface area is 140 Å². The van der Waals surface area contributed by atoms with Crippen molar-refractivity contribution in [3.63, 3.8) is 0 Å². The molecule has 0 saturated carbocycles. The molecule has 1 rings (SSSR count). The van der Waals surface area contributed by atoms with Crippen molar-refractivity contribution >= 4 is 23.4 Å². The lowest BCUT2D eigenvalue weighted by molar-refractivity contribution is -0.134.